The molecule has 102 valence electrons. The summed E-state index contributed by atoms with van der Waals surface area (Å²) >= 11 is 1.24. The van der Waals surface area contributed by atoms with Crippen LogP contribution in [-0.4, -0.2) is 17.0 Å². The van der Waals surface area contributed by atoms with Crippen LogP contribution in [0.1, 0.15) is 32.8 Å². The van der Waals surface area contributed by atoms with Gasteiger partial charge in [-0.3, -0.25) is 9.59 Å². The molecule has 1 aromatic heterocycles. The maximum atomic E-state index is 11.9. The minimum absolute atomic E-state index is 0.122. The van der Waals surface area contributed by atoms with Crippen molar-refractivity contribution in [3.8, 4) is 6.07 Å². The van der Waals surface area contributed by atoms with Crippen molar-refractivity contribution in [2.45, 2.75) is 27.2 Å². The Kier molecular flexibility index (Phi) is 4.67. The second kappa shape index (κ2) is 5.85. The third-order valence-electron chi connectivity index (χ3n) is 3.33. The van der Waals surface area contributed by atoms with Crippen LogP contribution in [0.5, 0.6) is 0 Å². The van der Waals surface area contributed by atoms with Gasteiger partial charge in [-0.2, -0.15) is 5.26 Å². The van der Waals surface area contributed by atoms with Crippen molar-refractivity contribution >= 4 is 28.2 Å². The van der Waals surface area contributed by atoms with Gasteiger partial charge in [-0.25, -0.2) is 0 Å². The number of hydrogen-bond acceptors (Lipinski definition) is 4. The van der Waals surface area contributed by atoms with Crippen LogP contribution >= 0.6 is 11.3 Å². The van der Waals surface area contributed by atoms with E-state index in [1.165, 1.54) is 11.3 Å². The number of rotatable bonds is 5. The SMILES string of the molecule is CC(C)C(C)(CC(=O)Nc1sccc1C#N)C(=O)O. The first-order chi connectivity index (χ1) is 8.81. The maximum Gasteiger partial charge on any atom is 0.310 e. The predicted molar refractivity (Wildman–Crippen MR) is 72.9 cm³/mol. The lowest BCUT2D eigenvalue weighted by Crippen LogP contribution is -2.37. The van der Waals surface area contributed by atoms with Crippen LogP contribution in [0, 0.1) is 22.7 Å². The van der Waals surface area contributed by atoms with Crippen LogP contribution in [-0.2, 0) is 9.59 Å². The van der Waals surface area contributed by atoms with Crippen LogP contribution in [0.4, 0.5) is 5.00 Å². The van der Waals surface area contributed by atoms with Crippen molar-refractivity contribution in [3.63, 3.8) is 0 Å². The molecule has 0 aliphatic rings. The maximum absolute atomic E-state index is 11.9. The van der Waals surface area contributed by atoms with E-state index in [0.29, 0.717) is 10.6 Å². The van der Waals surface area contributed by atoms with Crippen LogP contribution in [0.2, 0.25) is 0 Å². The number of anilines is 1. The lowest BCUT2D eigenvalue weighted by molar-refractivity contribution is -0.153. The zero-order valence-corrected chi connectivity index (χ0v) is 11.9. The molecule has 0 bridgehead atoms. The third-order valence-corrected chi connectivity index (χ3v) is 4.16. The number of hydrogen-bond donors (Lipinski definition) is 2. The summed E-state index contributed by atoms with van der Waals surface area (Å²) in [7, 11) is 0. The van der Waals surface area contributed by atoms with E-state index < -0.39 is 17.3 Å². The second-order valence-electron chi connectivity index (χ2n) is 4.88. The summed E-state index contributed by atoms with van der Waals surface area (Å²) in [6.07, 6.45) is -0.122. The Morgan fingerprint density at radius 1 is 1.58 bits per heavy atom. The van der Waals surface area contributed by atoms with Gasteiger partial charge in [0.1, 0.15) is 11.1 Å². The molecule has 0 radical (unpaired) electrons. The molecular formula is C13H16N2O3S. The first kappa shape index (κ1) is 15.2. The van der Waals surface area contributed by atoms with Gasteiger partial charge in [-0.15, -0.1) is 11.3 Å². The number of nitrogens with one attached hydrogen (secondary N) is 1. The lowest BCUT2D eigenvalue weighted by atomic mass is 9.76. The molecule has 0 saturated carbocycles. The van der Waals surface area contributed by atoms with E-state index in [2.05, 4.69) is 5.32 Å². The normalized spacial score (nSPS) is 13.6. The van der Waals surface area contributed by atoms with E-state index in [4.69, 9.17) is 5.26 Å². The molecule has 1 amide bonds. The molecule has 0 fully saturated rings. The highest BCUT2D eigenvalue weighted by molar-refractivity contribution is 7.14. The fourth-order valence-electron chi connectivity index (χ4n) is 1.53. The fourth-order valence-corrected chi connectivity index (χ4v) is 2.28. The van der Waals surface area contributed by atoms with Gasteiger partial charge < -0.3 is 10.4 Å². The van der Waals surface area contributed by atoms with Crippen LogP contribution in [0.3, 0.4) is 0 Å². The van der Waals surface area contributed by atoms with Gasteiger partial charge in [0.15, 0.2) is 0 Å². The highest BCUT2D eigenvalue weighted by atomic mass is 32.1. The molecule has 2 N–H and O–H groups in total. The summed E-state index contributed by atoms with van der Waals surface area (Å²) in [6.45, 7) is 5.10. The smallest absolute Gasteiger partial charge is 0.310 e. The van der Waals surface area contributed by atoms with Crippen molar-refractivity contribution in [1.82, 2.24) is 0 Å². The van der Waals surface area contributed by atoms with E-state index in [0.717, 1.165) is 0 Å². The summed E-state index contributed by atoms with van der Waals surface area (Å²) in [4.78, 5) is 23.2. The first-order valence-corrected chi connectivity index (χ1v) is 6.70. The van der Waals surface area contributed by atoms with E-state index in [1.54, 1.807) is 32.2 Å². The molecule has 19 heavy (non-hydrogen) atoms. The van der Waals surface area contributed by atoms with Crippen molar-refractivity contribution < 1.29 is 14.7 Å². The van der Waals surface area contributed by atoms with Crippen molar-refractivity contribution in [2.75, 3.05) is 5.32 Å². The Hall–Kier alpha value is -1.87. The molecule has 0 saturated heterocycles. The van der Waals surface area contributed by atoms with Crippen LogP contribution in [0.15, 0.2) is 11.4 Å². The van der Waals surface area contributed by atoms with E-state index in [9.17, 15) is 14.7 Å². The first-order valence-electron chi connectivity index (χ1n) is 5.82. The molecule has 0 aromatic carbocycles. The van der Waals surface area contributed by atoms with Crippen molar-refractivity contribution in [3.05, 3.63) is 17.0 Å². The summed E-state index contributed by atoms with van der Waals surface area (Å²) < 4.78 is 0. The van der Waals surface area contributed by atoms with Crippen LogP contribution in [0.25, 0.3) is 0 Å². The average Bonchev–Trinajstić information content (AvgIpc) is 2.75. The van der Waals surface area contributed by atoms with Gasteiger partial charge in [0.25, 0.3) is 0 Å². The molecular weight excluding hydrogens is 264 g/mol. The molecule has 6 heteroatoms. The molecule has 5 nitrogen and oxygen atoms in total. The number of nitriles is 1. The second-order valence-corrected chi connectivity index (χ2v) is 5.79. The highest BCUT2D eigenvalue weighted by Crippen LogP contribution is 2.32. The molecule has 0 aliphatic heterocycles. The quantitative estimate of drug-likeness (QED) is 0.867. The predicted octanol–water partition coefficient (Wildman–Crippen LogP) is 2.70. The molecule has 1 atom stereocenters. The Labute approximate surface area is 115 Å². The number of aliphatic carboxylic acids is 1. The Morgan fingerprint density at radius 3 is 2.68 bits per heavy atom. The van der Waals surface area contributed by atoms with Gasteiger partial charge >= 0.3 is 5.97 Å². The lowest BCUT2D eigenvalue weighted by Gasteiger charge is -2.28. The van der Waals surface area contributed by atoms with Gasteiger partial charge in [0.05, 0.1) is 11.0 Å². The van der Waals surface area contributed by atoms with E-state index >= 15 is 0 Å². The topological polar surface area (TPSA) is 90.2 Å². The standard InChI is InChI=1S/C13H16N2O3S/c1-8(2)13(3,12(17)18)6-10(16)15-11-9(7-14)4-5-19-11/h4-5,8H,6H2,1-3H3,(H,15,16)(H,17,18). The average molecular weight is 280 g/mol. The molecule has 1 aromatic rings. The minimum Gasteiger partial charge on any atom is -0.481 e. The van der Waals surface area contributed by atoms with Gasteiger partial charge in [-0.05, 0) is 24.3 Å². The summed E-state index contributed by atoms with van der Waals surface area (Å²) in [5.74, 6) is -1.56. The zero-order chi connectivity index (χ0) is 14.6. The van der Waals surface area contributed by atoms with E-state index in [1.807, 2.05) is 6.07 Å². The Morgan fingerprint density at radius 2 is 2.21 bits per heavy atom. The zero-order valence-electron chi connectivity index (χ0n) is 11.1. The van der Waals surface area contributed by atoms with Gasteiger partial charge in [0, 0.05) is 6.42 Å². The number of nitrogens with zero attached hydrogens (tertiary/aromatic N) is 1. The number of amides is 1. The molecule has 1 heterocycles. The summed E-state index contributed by atoms with van der Waals surface area (Å²) in [5.41, 5.74) is -0.728. The molecule has 0 spiro atoms. The molecule has 0 aliphatic carbocycles. The number of carboxylic acids is 1. The van der Waals surface area contributed by atoms with Gasteiger partial charge in [-0.1, -0.05) is 13.8 Å². The Balaban J connectivity index is 2.81. The number of carboxylic acid groups (broad SMARTS) is 1. The largest absolute Gasteiger partial charge is 0.481 e. The Bertz CT molecular complexity index is 530. The molecule has 1 rings (SSSR count). The fraction of sp³-hybridized carbons (Fsp3) is 0.462. The molecule has 1 unspecified atom stereocenters. The number of carbonyl (C=O) groups is 2. The third kappa shape index (κ3) is 3.32. The number of carbonyl (C=O) groups excluding carboxylic acids is 1. The van der Waals surface area contributed by atoms with Crippen LogP contribution < -0.4 is 5.32 Å². The number of thiophene rings is 1. The van der Waals surface area contributed by atoms with E-state index in [-0.39, 0.29) is 12.3 Å². The minimum atomic E-state index is -1.12. The highest BCUT2D eigenvalue weighted by Gasteiger charge is 2.38. The monoisotopic (exact) mass is 280 g/mol. The van der Waals surface area contributed by atoms with Crippen molar-refractivity contribution in [2.24, 2.45) is 11.3 Å². The summed E-state index contributed by atoms with van der Waals surface area (Å²) in [5, 5.41) is 22.9. The summed E-state index contributed by atoms with van der Waals surface area (Å²) in [6, 6.07) is 3.58. The van der Waals surface area contributed by atoms with Crippen molar-refractivity contribution in [1.29, 1.82) is 5.26 Å². The van der Waals surface area contributed by atoms with Gasteiger partial charge in [0.2, 0.25) is 5.91 Å².